The standard InChI is InChI=1S/C4H4O6.C2H6O2/c5-1-2(6)10-4(9)3(7)8;3-1-2-4/h5H,1H2,(H,7,8);3-4H,1-2H2. The van der Waals surface area contributed by atoms with Gasteiger partial charge in [-0.25, -0.2) is 14.4 Å². The number of aliphatic hydroxyl groups excluding tert-OH is 3. The maximum atomic E-state index is 9.97. The van der Waals surface area contributed by atoms with Gasteiger partial charge in [0.1, 0.15) is 6.61 Å². The molecule has 0 radical (unpaired) electrons. The van der Waals surface area contributed by atoms with E-state index in [9.17, 15) is 14.4 Å². The van der Waals surface area contributed by atoms with Crippen molar-refractivity contribution in [3.8, 4) is 0 Å². The Hall–Kier alpha value is -1.51. The average molecular weight is 210 g/mol. The monoisotopic (exact) mass is 210 g/mol. The van der Waals surface area contributed by atoms with Gasteiger partial charge >= 0.3 is 17.9 Å². The fourth-order valence-electron chi connectivity index (χ4n) is 0.179. The number of carboxylic acids is 1. The molecule has 8 heteroatoms. The number of carbonyl (C=O) groups is 3. The number of aliphatic hydroxyl groups is 3. The third-order valence-electron chi connectivity index (χ3n) is 0.610. The molecule has 0 aliphatic heterocycles. The van der Waals surface area contributed by atoms with Crippen molar-refractivity contribution in [2.75, 3.05) is 19.8 Å². The molecule has 82 valence electrons. The fraction of sp³-hybridized carbons (Fsp3) is 0.500. The Morgan fingerprint density at radius 2 is 1.43 bits per heavy atom. The second kappa shape index (κ2) is 9.58. The molecule has 14 heavy (non-hydrogen) atoms. The predicted molar refractivity (Wildman–Crippen MR) is 40.0 cm³/mol. The summed E-state index contributed by atoms with van der Waals surface area (Å²) in [5.74, 6) is -4.85. The van der Waals surface area contributed by atoms with Gasteiger partial charge in [-0.15, -0.1) is 0 Å². The van der Waals surface area contributed by atoms with Gasteiger partial charge in [-0.2, -0.15) is 0 Å². The summed E-state index contributed by atoms with van der Waals surface area (Å²) in [4.78, 5) is 29.6. The second-order valence-electron chi connectivity index (χ2n) is 1.67. The van der Waals surface area contributed by atoms with Gasteiger partial charge in [0.2, 0.25) is 0 Å². The van der Waals surface area contributed by atoms with Crippen molar-refractivity contribution in [2.24, 2.45) is 0 Å². The third kappa shape index (κ3) is 10.5. The first-order chi connectivity index (χ1) is 6.49. The lowest BCUT2D eigenvalue weighted by molar-refractivity contribution is -0.171. The number of hydrogen-bond acceptors (Lipinski definition) is 7. The molecule has 0 saturated carbocycles. The Balaban J connectivity index is 0. The first-order valence-electron chi connectivity index (χ1n) is 3.30. The topological polar surface area (TPSA) is 141 Å². The van der Waals surface area contributed by atoms with E-state index in [0.29, 0.717) is 0 Å². The zero-order valence-electron chi connectivity index (χ0n) is 7.04. The maximum Gasteiger partial charge on any atom is 0.424 e. The summed E-state index contributed by atoms with van der Waals surface area (Å²) < 4.78 is 3.53. The van der Waals surface area contributed by atoms with Gasteiger partial charge < -0.3 is 25.2 Å². The van der Waals surface area contributed by atoms with Gasteiger partial charge in [0.25, 0.3) is 0 Å². The van der Waals surface area contributed by atoms with Crippen LogP contribution in [0.15, 0.2) is 0 Å². The van der Waals surface area contributed by atoms with Crippen molar-refractivity contribution in [2.45, 2.75) is 0 Å². The van der Waals surface area contributed by atoms with Crippen LogP contribution in [0.3, 0.4) is 0 Å². The SMILES string of the molecule is O=C(CO)OC(=O)C(=O)O.OCCO. The minimum absolute atomic E-state index is 0.125. The van der Waals surface area contributed by atoms with Crippen molar-refractivity contribution in [3.63, 3.8) is 0 Å². The van der Waals surface area contributed by atoms with Crippen molar-refractivity contribution >= 4 is 17.9 Å². The van der Waals surface area contributed by atoms with Crippen molar-refractivity contribution in [1.82, 2.24) is 0 Å². The average Bonchev–Trinajstić information content (AvgIpc) is 2.17. The lowest BCUT2D eigenvalue weighted by Gasteiger charge is -1.93. The molecule has 0 fully saturated rings. The molecule has 8 nitrogen and oxygen atoms in total. The Bertz CT molecular complexity index is 196. The van der Waals surface area contributed by atoms with E-state index in [0.717, 1.165) is 0 Å². The summed E-state index contributed by atoms with van der Waals surface area (Å²) in [7, 11) is 0. The molecule has 4 N–H and O–H groups in total. The third-order valence-corrected chi connectivity index (χ3v) is 0.610. The lowest BCUT2D eigenvalue weighted by Crippen LogP contribution is -2.22. The maximum absolute atomic E-state index is 9.97. The Morgan fingerprint density at radius 1 is 1.00 bits per heavy atom. The molecule has 0 aromatic rings. The molecule has 0 aromatic heterocycles. The van der Waals surface area contributed by atoms with E-state index in [2.05, 4.69) is 4.74 Å². The smallest absolute Gasteiger partial charge is 0.424 e. The van der Waals surface area contributed by atoms with Crippen LogP contribution in [0, 0.1) is 0 Å². The van der Waals surface area contributed by atoms with E-state index < -0.39 is 24.5 Å². The van der Waals surface area contributed by atoms with E-state index in [1.54, 1.807) is 0 Å². The van der Waals surface area contributed by atoms with E-state index in [1.807, 2.05) is 0 Å². The van der Waals surface area contributed by atoms with Crippen LogP contribution in [-0.4, -0.2) is 58.2 Å². The van der Waals surface area contributed by atoms with Crippen molar-refractivity contribution in [1.29, 1.82) is 0 Å². The molecule has 0 saturated heterocycles. The number of carboxylic acid groups (broad SMARTS) is 1. The quantitative estimate of drug-likeness (QED) is 0.216. The van der Waals surface area contributed by atoms with Crippen LogP contribution in [0.25, 0.3) is 0 Å². The fourth-order valence-corrected chi connectivity index (χ4v) is 0.179. The molecule has 0 atom stereocenters. The normalized spacial score (nSPS) is 8.21. The highest BCUT2D eigenvalue weighted by Crippen LogP contribution is 1.78. The van der Waals surface area contributed by atoms with Gasteiger partial charge in [-0.1, -0.05) is 0 Å². The largest absolute Gasteiger partial charge is 0.473 e. The summed E-state index contributed by atoms with van der Waals surface area (Å²) >= 11 is 0. The van der Waals surface area contributed by atoms with Gasteiger partial charge in [0.05, 0.1) is 13.2 Å². The van der Waals surface area contributed by atoms with Gasteiger partial charge in [0, 0.05) is 0 Å². The zero-order valence-corrected chi connectivity index (χ0v) is 7.04. The Kier molecular flexibility index (Phi) is 10.3. The van der Waals surface area contributed by atoms with Crippen molar-refractivity contribution < 1.29 is 39.5 Å². The molecule has 0 unspecified atom stereocenters. The van der Waals surface area contributed by atoms with E-state index in [1.165, 1.54) is 0 Å². The van der Waals surface area contributed by atoms with Crippen LogP contribution in [0.4, 0.5) is 0 Å². The first-order valence-corrected chi connectivity index (χ1v) is 3.30. The highest BCUT2D eigenvalue weighted by molar-refractivity contribution is 6.30. The number of esters is 2. The highest BCUT2D eigenvalue weighted by Gasteiger charge is 2.16. The second-order valence-corrected chi connectivity index (χ2v) is 1.67. The Morgan fingerprint density at radius 3 is 1.64 bits per heavy atom. The minimum Gasteiger partial charge on any atom is -0.473 e. The van der Waals surface area contributed by atoms with E-state index >= 15 is 0 Å². The molecule has 0 rings (SSSR count). The number of aliphatic carboxylic acids is 1. The van der Waals surface area contributed by atoms with Crippen LogP contribution < -0.4 is 0 Å². The number of hydrogen-bond donors (Lipinski definition) is 4. The summed E-state index contributed by atoms with van der Waals surface area (Å²) in [6.07, 6.45) is 0. The summed E-state index contributed by atoms with van der Waals surface area (Å²) in [5, 5.41) is 31.0. The molecular formula is C6H10O8. The van der Waals surface area contributed by atoms with Gasteiger partial charge in [0.15, 0.2) is 0 Å². The zero-order chi connectivity index (χ0) is 11.6. The van der Waals surface area contributed by atoms with Crippen LogP contribution in [0.1, 0.15) is 0 Å². The number of ether oxygens (including phenoxy) is 1. The lowest BCUT2D eigenvalue weighted by atomic mass is 10.7. The predicted octanol–water partition coefficient (Wildman–Crippen LogP) is -2.90. The number of rotatable bonds is 2. The molecule has 0 amide bonds. The minimum atomic E-state index is -1.87. The molecule has 0 aromatic carbocycles. The summed E-state index contributed by atoms with van der Waals surface area (Å²) in [5.41, 5.74) is 0. The molecular weight excluding hydrogens is 200 g/mol. The van der Waals surface area contributed by atoms with E-state index in [-0.39, 0.29) is 13.2 Å². The molecule has 0 aliphatic carbocycles. The summed E-state index contributed by atoms with van der Waals surface area (Å²) in [6, 6.07) is 0. The summed E-state index contributed by atoms with van der Waals surface area (Å²) in [6.45, 7) is -1.26. The molecule has 0 bridgehead atoms. The van der Waals surface area contributed by atoms with Crippen LogP contribution in [0.2, 0.25) is 0 Å². The molecule has 0 heterocycles. The highest BCUT2D eigenvalue weighted by atomic mass is 16.6. The van der Waals surface area contributed by atoms with Crippen molar-refractivity contribution in [3.05, 3.63) is 0 Å². The van der Waals surface area contributed by atoms with Gasteiger partial charge in [-0.05, 0) is 0 Å². The van der Waals surface area contributed by atoms with Crippen LogP contribution in [-0.2, 0) is 19.1 Å². The Labute approximate surface area is 78.3 Å². The molecule has 0 spiro atoms. The molecule has 0 aliphatic rings. The first kappa shape index (κ1) is 15.0. The van der Waals surface area contributed by atoms with Crippen LogP contribution >= 0.6 is 0 Å². The van der Waals surface area contributed by atoms with E-state index in [4.69, 9.17) is 20.4 Å². The van der Waals surface area contributed by atoms with Gasteiger partial charge in [-0.3, -0.25) is 0 Å². The number of carbonyl (C=O) groups excluding carboxylic acids is 2. The van der Waals surface area contributed by atoms with Crippen LogP contribution in [0.5, 0.6) is 0 Å².